The molecular weight excluding hydrogens is 333 g/mol. The van der Waals surface area contributed by atoms with Gasteiger partial charge in [-0.15, -0.1) is 0 Å². The third-order valence-corrected chi connectivity index (χ3v) is 3.69. The number of rotatable bonds is 6. The van der Waals surface area contributed by atoms with Gasteiger partial charge in [0.2, 0.25) is 0 Å². The fourth-order valence-electron chi connectivity index (χ4n) is 1.81. The quantitative estimate of drug-likeness (QED) is 0.683. The van der Waals surface area contributed by atoms with Crippen LogP contribution in [0.15, 0.2) is 18.2 Å². The molecule has 1 rings (SSSR count). The van der Waals surface area contributed by atoms with Crippen molar-refractivity contribution in [2.45, 2.75) is 45.6 Å². The van der Waals surface area contributed by atoms with E-state index in [0.29, 0.717) is 6.04 Å². The minimum atomic E-state index is 0.588. The molecule has 0 aliphatic rings. The van der Waals surface area contributed by atoms with E-state index in [9.17, 15) is 0 Å². The van der Waals surface area contributed by atoms with Gasteiger partial charge >= 0.3 is 0 Å². The van der Waals surface area contributed by atoms with E-state index in [-0.39, 0.29) is 0 Å². The fourth-order valence-corrected chi connectivity index (χ4v) is 2.84. The summed E-state index contributed by atoms with van der Waals surface area (Å²) in [7, 11) is 0. The van der Waals surface area contributed by atoms with Gasteiger partial charge in [-0.05, 0) is 53.6 Å². The molecule has 0 aliphatic heterocycles. The summed E-state index contributed by atoms with van der Waals surface area (Å²) in [5, 5.41) is 4.41. The number of hydrogen-bond donors (Lipinski definition) is 1. The maximum Gasteiger partial charge on any atom is 0.0479 e. The third kappa shape index (κ3) is 4.50. The third-order valence-electron chi connectivity index (χ3n) is 2.57. The molecule has 0 aromatic heterocycles. The molecule has 1 aromatic rings. The summed E-state index contributed by atoms with van der Waals surface area (Å²) in [6.07, 6.45) is 4.91. The molecule has 1 aromatic carbocycles. The number of nitrogens with one attached hydrogen (secondary N) is 1. The maximum absolute atomic E-state index is 5.94. The summed E-state index contributed by atoms with van der Waals surface area (Å²) in [5.74, 6) is 0. The van der Waals surface area contributed by atoms with Crippen LogP contribution in [0.4, 0.5) is 5.69 Å². The van der Waals surface area contributed by atoms with Gasteiger partial charge in [-0.2, -0.15) is 0 Å². The Hall–Kier alpha value is 0.0400. The monoisotopic (exact) mass is 351 g/mol. The summed E-state index contributed by atoms with van der Waals surface area (Å²) in [6.45, 7) is 4.47. The zero-order valence-corrected chi connectivity index (χ0v) is 12.8. The van der Waals surface area contributed by atoms with Gasteiger partial charge in [-0.25, -0.2) is 0 Å². The Kier molecular flexibility index (Phi) is 6.51. The second-order valence-corrected chi connectivity index (χ2v) is 5.64. The zero-order chi connectivity index (χ0) is 12.0. The Bertz CT molecular complexity index is 322. The topological polar surface area (TPSA) is 12.0 Å². The van der Waals surface area contributed by atoms with E-state index in [2.05, 4.69) is 47.8 Å². The molecule has 0 fully saturated rings. The Balaban J connectivity index is 2.68. The number of hydrogen-bond acceptors (Lipinski definition) is 1. The van der Waals surface area contributed by atoms with E-state index in [1.165, 1.54) is 34.9 Å². The van der Waals surface area contributed by atoms with Gasteiger partial charge in [-0.3, -0.25) is 0 Å². The van der Waals surface area contributed by atoms with Crippen LogP contribution in [0.25, 0.3) is 0 Å². The fraction of sp³-hybridized carbons (Fsp3) is 0.538. The number of halogens is 2. The SMILES string of the molecule is CCCC(CCC)Nc1ccc(Cl)cc1I. The molecule has 0 saturated heterocycles. The lowest BCUT2D eigenvalue weighted by Gasteiger charge is -2.19. The van der Waals surface area contributed by atoms with Crippen LogP contribution in [0, 0.1) is 3.57 Å². The van der Waals surface area contributed by atoms with Gasteiger partial charge in [0.25, 0.3) is 0 Å². The van der Waals surface area contributed by atoms with E-state index in [4.69, 9.17) is 11.6 Å². The van der Waals surface area contributed by atoms with Crippen LogP contribution in [-0.2, 0) is 0 Å². The summed E-state index contributed by atoms with van der Waals surface area (Å²) >= 11 is 8.27. The highest BCUT2D eigenvalue weighted by Gasteiger charge is 2.08. The van der Waals surface area contributed by atoms with E-state index in [1.807, 2.05) is 12.1 Å². The molecule has 0 unspecified atom stereocenters. The Morgan fingerprint density at radius 1 is 1.25 bits per heavy atom. The van der Waals surface area contributed by atoms with Crippen molar-refractivity contribution in [3.63, 3.8) is 0 Å². The molecule has 0 aliphatic carbocycles. The lowest BCUT2D eigenvalue weighted by molar-refractivity contribution is 0.586. The molecule has 16 heavy (non-hydrogen) atoms. The summed E-state index contributed by atoms with van der Waals surface area (Å²) in [6, 6.07) is 6.60. The second kappa shape index (κ2) is 7.38. The molecule has 0 spiro atoms. The first-order chi connectivity index (χ1) is 7.67. The Labute approximate surface area is 117 Å². The molecule has 0 saturated carbocycles. The molecule has 0 radical (unpaired) electrons. The van der Waals surface area contributed by atoms with Gasteiger partial charge in [0.15, 0.2) is 0 Å². The van der Waals surface area contributed by atoms with Crippen molar-refractivity contribution in [1.82, 2.24) is 0 Å². The standard InChI is InChI=1S/C13H19ClIN/c1-3-5-11(6-4-2)16-13-8-7-10(14)9-12(13)15/h7-9,11,16H,3-6H2,1-2H3. The predicted octanol–water partition coefficient (Wildman–Crippen LogP) is 5.33. The first-order valence-corrected chi connectivity index (χ1v) is 7.34. The van der Waals surface area contributed by atoms with E-state index in [1.54, 1.807) is 0 Å². The number of anilines is 1. The van der Waals surface area contributed by atoms with Gasteiger partial charge in [-0.1, -0.05) is 38.3 Å². The highest BCUT2D eigenvalue weighted by atomic mass is 127. The second-order valence-electron chi connectivity index (χ2n) is 4.04. The molecule has 0 atom stereocenters. The minimum absolute atomic E-state index is 0.588. The first kappa shape index (κ1) is 14.1. The first-order valence-electron chi connectivity index (χ1n) is 5.89. The van der Waals surface area contributed by atoms with Crippen LogP contribution in [0.5, 0.6) is 0 Å². The van der Waals surface area contributed by atoms with Crippen LogP contribution in [0.2, 0.25) is 5.02 Å². The largest absolute Gasteiger partial charge is 0.381 e. The smallest absolute Gasteiger partial charge is 0.0479 e. The molecule has 90 valence electrons. The van der Waals surface area contributed by atoms with Crippen LogP contribution < -0.4 is 5.32 Å². The molecule has 1 nitrogen and oxygen atoms in total. The van der Waals surface area contributed by atoms with Gasteiger partial charge in [0, 0.05) is 20.3 Å². The minimum Gasteiger partial charge on any atom is -0.381 e. The highest BCUT2D eigenvalue weighted by molar-refractivity contribution is 14.1. The lowest BCUT2D eigenvalue weighted by Crippen LogP contribution is -2.19. The van der Waals surface area contributed by atoms with Crippen LogP contribution in [-0.4, -0.2) is 6.04 Å². The van der Waals surface area contributed by atoms with E-state index >= 15 is 0 Å². The van der Waals surface area contributed by atoms with Crippen molar-refractivity contribution in [3.8, 4) is 0 Å². The van der Waals surface area contributed by atoms with E-state index in [0.717, 1.165) is 5.02 Å². The summed E-state index contributed by atoms with van der Waals surface area (Å²) in [4.78, 5) is 0. The van der Waals surface area contributed by atoms with Crippen molar-refractivity contribution >= 4 is 39.9 Å². The molecule has 0 heterocycles. The van der Waals surface area contributed by atoms with Gasteiger partial charge < -0.3 is 5.32 Å². The lowest BCUT2D eigenvalue weighted by atomic mass is 10.1. The summed E-state index contributed by atoms with van der Waals surface area (Å²) < 4.78 is 1.20. The van der Waals surface area contributed by atoms with Gasteiger partial charge in [0.05, 0.1) is 0 Å². The van der Waals surface area contributed by atoms with Crippen molar-refractivity contribution in [2.24, 2.45) is 0 Å². The molecule has 0 amide bonds. The molecule has 1 N–H and O–H groups in total. The van der Waals surface area contributed by atoms with E-state index < -0.39 is 0 Å². The Morgan fingerprint density at radius 2 is 1.88 bits per heavy atom. The van der Waals surface area contributed by atoms with Crippen molar-refractivity contribution in [2.75, 3.05) is 5.32 Å². The summed E-state index contributed by atoms with van der Waals surface area (Å²) in [5.41, 5.74) is 1.21. The van der Waals surface area contributed by atoms with Crippen LogP contribution in [0.3, 0.4) is 0 Å². The average molecular weight is 352 g/mol. The van der Waals surface area contributed by atoms with Crippen molar-refractivity contribution in [1.29, 1.82) is 0 Å². The maximum atomic E-state index is 5.94. The van der Waals surface area contributed by atoms with Gasteiger partial charge in [0.1, 0.15) is 0 Å². The number of benzene rings is 1. The molecule has 3 heteroatoms. The van der Waals surface area contributed by atoms with Crippen molar-refractivity contribution < 1.29 is 0 Å². The van der Waals surface area contributed by atoms with Crippen LogP contribution >= 0.6 is 34.2 Å². The molecular formula is C13H19ClIN. The van der Waals surface area contributed by atoms with Crippen LogP contribution in [0.1, 0.15) is 39.5 Å². The highest BCUT2D eigenvalue weighted by Crippen LogP contribution is 2.24. The Morgan fingerprint density at radius 3 is 2.38 bits per heavy atom. The normalized spacial score (nSPS) is 10.8. The average Bonchev–Trinajstić information content (AvgIpc) is 2.23. The zero-order valence-electron chi connectivity index (χ0n) is 9.89. The predicted molar refractivity (Wildman–Crippen MR) is 81.4 cm³/mol. The molecule has 0 bridgehead atoms. The van der Waals surface area contributed by atoms with Crippen molar-refractivity contribution in [3.05, 3.63) is 26.8 Å².